The molecule has 62 valence electrons. The van der Waals surface area contributed by atoms with Gasteiger partial charge in [-0.1, -0.05) is 40.2 Å². The molecule has 0 heterocycles. The lowest BCUT2D eigenvalue weighted by Gasteiger charge is -2.24. The molecule has 1 atom stereocenters. The summed E-state index contributed by atoms with van der Waals surface area (Å²) in [4.78, 5) is 0. The molecule has 0 bridgehead atoms. The van der Waals surface area contributed by atoms with Crippen LogP contribution in [0, 0.1) is 0 Å². The Bertz CT molecular complexity index is 188. The van der Waals surface area contributed by atoms with Crippen LogP contribution in [0.15, 0.2) is 24.3 Å². The second-order valence-corrected chi connectivity index (χ2v) is 15.7. The molecular weight excluding hydrogens is 352 g/mol. The second-order valence-electron chi connectivity index (χ2n) is 2.62. The van der Waals surface area contributed by atoms with Gasteiger partial charge in [0.15, 0.2) is 6.04 Å². The Morgan fingerprint density at radius 3 is 2.55 bits per heavy atom. The zero-order chi connectivity index (χ0) is 8.32. The fourth-order valence-corrected chi connectivity index (χ4v) is 9.25. The van der Waals surface area contributed by atoms with Crippen molar-refractivity contribution < 1.29 is 0 Å². The number of halogens is 3. The lowest BCUT2D eigenvalue weighted by atomic mass is 10.0. The van der Waals surface area contributed by atoms with Gasteiger partial charge in [0.1, 0.15) is 0 Å². The summed E-state index contributed by atoms with van der Waals surface area (Å²) in [5, 5.41) is 0. The van der Waals surface area contributed by atoms with Crippen LogP contribution < -0.4 is 0 Å². The maximum absolute atomic E-state index is 3.73. The fourth-order valence-electron chi connectivity index (χ4n) is 1.05. The van der Waals surface area contributed by atoms with Crippen molar-refractivity contribution >= 4 is 52.6 Å². The van der Waals surface area contributed by atoms with Crippen LogP contribution in [0.2, 0.25) is 6.04 Å². The molecule has 0 saturated carbocycles. The molecule has 0 spiro atoms. The second kappa shape index (κ2) is 4.39. The first-order valence-electron chi connectivity index (χ1n) is 3.44. The molecule has 1 aliphatic rings. The van der Waals surface area contributed by atoms with Crippen molar-refractivity contribution in [3.63, 3.8) is 0 Å². The first kappa shape index (κ1) is 10.2. The van der Waals surface area contributed by atoms with Crippen molar-refractivity contribution in [1.29, 1.82) is 0 Å². The van der Waals surface area contributed by atoms with E-state index >= 15 is 0 Å². The summed E-state index contributed by atoms with van der Waals surface area (Å²) >= 11 is 11.0. The fraction of sp³-hybridized carbons (Fsp3) is 0.429. The normalized spacial score (nSPS) is 29.8. The topological polar surface area (TPSA) is 0 Å². The molecule has 11 heavy (non-hydrogen) atoms. The standard InChI is InChI=1S/C7H9Br3Si/c8-7(6-11(9)10)4-2-1-3-5-7/h1-4,11H,5-6H2. The zero-order valence-corrected chi connectivity index (χ0v) is 11.8. The van der Waals surface area contributed by atoms with Crippen molar-refractivity contribution in [1.82, 2.24) is 0 Å². The van der Waals surface area contributed by atoms with Gasteiger partial charge in [-0.15, -0.1) is 30.6 Å². The average molecular weight is 361 g/mol. The van der Waals surface area contributed by atoms with Gasteiger partial charge in [0.05, 0.1) is 0 Å². The molecule has 0 N–H and O–H groups in total. The van der Waals surface area contributed by atoms with Gasteiger partial charge in [0.25, 0.3) is 0 Å². The molecule has 4 heteroatoms. The smallest absolute Gasteiger partial charge is 0.115 e. The highest BCUT2D eigenvalue weighted by Crippen LogP contribution is 2.35. The molecule has 0 fully saturated rings. The molecule has 0 amide bonds. The Balaban J connectivity index is 2.54. The molecule has 1 unspecified atom stereocenters. The van der Waals surface area contributed by atoms with Crippen molar-refractivity contribution in [2.75, 3.05) is 0 Å². The summed E-state index contributed by atoms with van der Waals surface area (Å²) in [6, 6.07) is 0.370. The zero-order valence-electron chi connectivity index (χ0n) is 5.93. The average Bonchev–Trinajstić information content (AvgIpc) is 1.85. The third kappa shape index (κ3) is 3.57. The van der Waals surface area contributed by atoms with Crippen LogP contribution in [0.25, 0.3) is 0 Å². The number of alkyl halides is 1. The quantitative estimate of drug-likeness (QED) is 0.400. The summed E-state index contributed by atoms with van der Waals surface area (Å²) in [6.07, 6.45) is 9.73. The van der Waals surface area contributed by atoms with Gasteiger partial charge < -0.3 is 0 Å². The van der Waals surface area contributed by atoms with E-state index in [0.717, 1.165) is 6.42 Å². The summed E-state index contributed by atoms with van der Waals surface area (Å²) in [5.41, 5.74) is 0. The van der Waals surface area contributed by atoms with E-state index in [1.54, 1.807) is 0 Å². The minimum atomic E-state index is -0.818. The van der Waals surface area contributed by atoms with Gasteiger partial charge in [-0.25, -0.2) is 0 Å². The van der Waals surface area contributed by atoms with Crippen LogP contribution in [-0.2, 0) is 0 Å². The largest absolute Gasteiger partial charge is 0.188 e. The van der Waals surface area contributed by atoms with Crippen molar-refractivity contribution in [2.24, 2.45) is 0 Å². The summed E-state index contributed by atoms with van der Waals surface area (Å²) in [7, 11) is 0. The number of allylic oxidation sites excluding steroid dienone is 4. The van der Waals surface area contributed by atoms with E-state index in [9.17, 15) is 0 Å². The molecule has 0 nitrogen and oxygen atoms in total. The van der Waals surface area contributed by atoms with Crippen molar-refractivity contribution in [3.8, 4) is 0 Å². The summed E-state index contributed by atoms with van der Waals surface area (Å²) in [6.45, 7) is 0. The van der Waals surface area contributed by atoms with Crippen LogP contribution in [0.5, 0.6) is 0 Å². The van der Waals surface area contributed by atoms with E-state index in [-0.39, 0.29) is 4.32 Å². The highest BCUT2D eigenvalue weighted by atomic mass is 79.9. The third-order valence-corrected chi connectivity index (χ3v) is 6.08. The molecule has 0 aromatic rings. The van der Waals surface area contributed by atoms with Crippen LogP contribution >= 0.6 is 46.5 Å². The molecule has 0 aromatic heterocycles. The van der Waals surface area contributed by atoms with Gasteiger partial charge in [0.2, 0.25) is 0 Å². The first-order valence-corrected chi connectivity index (χ1v) is 11.4. The Labute approximate surface area is 93.0 Å². The van der Waals surface area contributed by atoms with Gasteiger partial charge in [-0.05, 0) is 12.5 Å². The molecule has 0 radical (unpaired) electrons. The highest BCUT2D eigenvalue weighted by Gasteiger charge is 2.25. The minimum absolute atomic E-state index is 0.214. The van der Waals surface area contributed by atoms with Crippen molar-refractivity contribution in [2.45, 2.75) is 16.8 Å². The van der Waals surface area contributed by atoms with Gasteiger partial charge in [0, 0.05) is 4.32 Å². The van der Waals surface area contributed by atoms with Crippen LogP contribution in [0.3, 0.4) is 0 Å². The summed E-state index contributed by atoms with van der Waals surface area (Å²) < 4.78 is 0.214. The summed E-state index contributed by atoms with van der Waals surface area (Å²) in [5.74, 6) is 0. The van der Waals surface area contributed by atoms with E-state index in [4.69, 9.17) is 0 Å². The van der Waals surface area contributed by atoms with E-state index in [2.05, 4.69) is 70.8 Å². The molecular formula is C7H9Br3Si. The Morgan fingerprint density at radius 2 is 2.09 bits per heavy atom. The molecule has 0 aliphatic heterocycles. The minimum Gasteiger partial charge on any atom is -0.115 e. The lowest BCUT2D eigenvalue weighted by molar-refractivity contribution is 0.812. The number of rotatable bonds is 2. The Kier molecular flexibility index (Phi) is 4.08. The van der Waals surface area contributed by atoms with Crippen LogP contribution in [0.1, 0.15) is 6.42 Å². The van der Waals surface area contributed by atoms with E-state index < -0.39 is 6.04 Å². The highest BCUT2D eigenvalue weighted by molar-refractivity contribution is 9.49. The molecule has 0 aromatic carbocycles. The monoisotopic (exact) mass is 358 g/mol. The van der Waals surface area contributed by atoms with Gasteiger partial charge in [-0.2, -0.15) is 0 Å². The van der Waals surface area contributed by atoms with Crippen molar-refractivity contribution in [3.05, 3.63) is 24.3 Å². The maximum Gasteiger partial charge on any atom is 0.188 e. The predicted octanol–water partition coefficient (Wildman–Crippen LogP) is 3.65. The van der Waals surface area contributed by atoms with Gasteiger partial charge >= 0.3 is 0 Å². The van der Waals surface area contributed by atoms with Crippen LogP contribution in [-0.4, -0.2) is 10.4 Å². The molecule has 0 saturated heterocycles. The molecule has 1 aliphatic carbocycles. The molecule has 1 rings (SSSR count). The lowest BCUT2D eigenvalue weighted by Crippen LogP contribution is -2.21. The van der Waals surface area contributed by atoms with E-state index in [1.165, 1.54) is 6.04 Å². The Morgan fingerprint density at radius 1 is 1.36 bits per heavy atom. The number of hydrogen-bond acceptors (Lipinski definition) is 0. The third-order valence-electron chi connectivity index (χ3n) is 1.59. The SMILES string of the molecule is Br[SiH](Br)CC1(Br)C=CC=CC1. The van der Waals surface area contributed by atoms with E-state index in [0.29, 0.717) is 0 Å². The number of hydrogen-bond donors (Lipinski definition) is 0. The van der Waals surface area contributed by atoms with E-state index in [1.807, 2.05) is 0 Å². The first-order chi connectivity index (χ1) is 5.12. The van der Waals surface area contributed by atoms with Gasteiger partial charge in [-0.3, -0.25) is 0 Å². The predicted molar refractivity (Wildman–Crippen MR) is 64.4 cm³/mol. The van der Waals surface area contributed by atoms with Crippen LogP contribution in [0.4, 0.5) is 0 Å². The Hall–Kier alpha value is 1.14. The maximum atomic E-state index is 3.73.